The van der Waals surface area contributed by atoms with E-state index in [0.717, 1.165) is 42.1 Å². The summed E-state index contributed by atoms with van der Waals surface area (Å²) in [5.74, 6) is 1.11. The molecule has 1 fully saturated rings. The minimum absolute atomic E-state index is 0.188. The van der Waals surface area contributed by atoms with E-state index in [-0.39, 0.29) is 11.9 Å². The summed E-state index contributed by atoms with van der Waals surface area (Å²) in [5.41, 5.74) is 2.34. The number of nitrogens with zero attached hydrogens (tertiary/aromatic N) is 1. The Bertz CT molecular complexity index is 697. The number of halogens is 1. The molecule has 132 valence electrons. The number of amides is 1. The molecule has 1 unspecified atom stereocenters. The van der Waals surface area contributed by atoms with Crippen molar-refractivity contribution in [1.29, 1.82) is 0 Å². The van der Waals surface area contributed by atoms with Gasteiger partial charge in [0.25, 0.3) is 0 Å². The highest BCUT2D eigenvalue weighted by Crippen LogP contribution is 2.33. The molecule has 0 aromatic heterocycles. The van der Waals surface area contributed by atoms with Crippen LogP contribution in [0.25, 0.3) is 0 Å². The van der Waals surface area contributed by atoms with Crippen molar-refractivity contribution in [2.45, 2.75) is 38.6 Å². The van der Waals surface area contributed by atoms with Gasteiger partial charge in [0, 0.05) is 18.0 Å². The highest BCUT2D eigenvalue weighted by Gasteiger charge is 2.29. The molecule has 0 radical (unpaired) electrons. The van der Waals surface area contributed by atoms with Gasteiger partial charge in [0.2, 0.25) is 5.91 Å². The Morgan fingerprint density at radius 1 is 1.16 bits per heavy atom. The molecule has 1 aliphatic rings. The van der Waals surface area contributed by atoms with Crippen molar-refractivity contribution in [3.63, 3.8) is 0 Å². The molecule has 1 amide bonds. The minimum Gasteiger partial charge on any atom is -0.494 e. The van der Waals surface area contributed by atoms with Gasteiger partial charge in [-0.3, -0.25) is 4.79 Å². The van der Waals surface area contributed by atoms with Gasteiger partial charge in [-0.1, -0.05) is 35.9 Å². The van der Waals surface area contributed by atoms with Crippen molar-refractivity contribution in [3.8, 4) is 5.75 Å². The second-order valence-electron chi connectivity index (χ2n) is 6.37. The molecule has 0 saturated carbocycles. The second-order valence-corrected chi connectivity index (χ2v) is 6.81. The Morgan fingerprint density at radius 2 is 1.88 bits per heavy atom. The number of likely N-dealkylation sites (tertiary alicyclic amines) is 1. The maximum atomic E-state index is 12.7. The molecule has 0 bridgehead atoms. The first-order valence-corrected chi connectivity index (χ1v) is 9.32. The van der Waals surface area contributed by atoms with Crippen LogP contribution in [-0.4, -0.2) is 24.0 Å². The first kappa shape index (κ1) is 17.8. The van der Waals surface area contributed by atoms with Crippen LogP contribution in [0.15, 0.2) is 48.5 Å². The summed E-state index contributed by atoms with van der Waals surface area (Å²) < 4.78 is 5.50. The van der Waals surface area contributed by atoms with Crippen LogP contribution in [0.3, 0.4) is 0 Å². The predicted molar refractivity (Wildman–Crippen MR) is 101 cm³/mol. The molecule has 3 nitrogen and oxygen atoms in total. The average molecular weight is 358 g/mol. The number of ether oxygens (including phenoxy) is 1. The Balaban J connectivity index is 1.62. The summed E-state index contributed by atoms with van der Waals surface area (Å²) >= 11 is 5.91. The predicted octanol–water partition coefficient (Wildman–Crippen LogP) is 5.04. The molecule has 1 saturated heterocycles. The summed E-state index contributed by atoms with van der Waals surface area (Å²) in [5, 5.41) is 0.727. The standard InChI is InChI=1S/C21H24ClNO2/c1-2-25-19-12-8-17(9-13-19)20-4-3-15-23(20)21(24)14-7-16-5-10-18(22)11-6-16/h5-6,8-13,20H,2-4,7,14-15H2,1H3. The maximum absolute atomic E-state index is 12.7. The van der Waals surface area contributed by atoms with E-state index in [4.69, 9.17) is 16.3 Å². The minimum atomic E-state index is 0.188. The van der Waals surface area contributed by atoms with Crippen LogP contribution in [0.2, 0.25) is 5.02 Å². The summed E-state index contributed by atoms with van der Waals surface area (Å²) in [6.07, 6.45) is 3.38. The third-order valence-corrected chi connectivity index (χ3v) is 4.94. The molecule has 25 heavy (non-hydrogen) atoms. The number of rotatable bonds is 6. The lowest BCUT2D eigenvalue weighted by Gasteiger charge is -2.25. The zero-order chi connectivity index (χ0) is 17.6. The summed E-state index contributed by atoms with van der Waals surface area (Å²) in [6.45, 7) is 3.49. The van der Waals surface area contributed by atoms with Gasteiger partial charge in [0.15, 0.2) is 0 Å². The summed E-state index contributed by atoms with van der Waals surface area (Å²) in [7, 11) is 0. The summed E-state index contributed by atoms with van der Waals surface area (Å²) in [6, 6.07) is 16.1. The Morgan fingerprint density at radius 3 is 2.56 bits per heavy atom. The molecule has 2 aromatic rings. The largest absolute Gasteiger partial charge is 0.494 e. The Hall–Kier alpha value is -2.00. The van der Waals surface area contributed by atoms with E-state index < -0.39 is 0 Å². The van der Waals surface area contributed by atoms with Gasteiger partial charge >= 0.3 is 0 Å². The molecule has 0 N–H and O–H groups in total. The third kappa shape index (κ3) is 4.55. The van der Waals surface area contributed by atoms with Gasteiger partial charge in [0.05, 0.1) is 12.6 Å². The number of hydrogen-bond acceptors (Lipinski definition) is 2. The van der Waals surface area contributed by atoms with Gasteiger partial charge in [-0.15, -0.1) is 0 Å². The van der Waals surface area contributed by atoms with Crippen molar-refractivity contribution >= 4 is 17.5 Å². The molecule has 0 spiro atoms. The fraction of sp³-hybridized carbons (Fsp3) is 0.381. The van der Waals surface area contributed by atoms with Gasteiger partial charge in [0.1, 0.15) is 5.75 Å². The van der Waals surface area contributed by atoms with E-state index in [9.17, 15) is 4.79 Å². The Labute approximate surface area is 154 Å². The molecular weight excluding hydrogens is 334 g/mol. The molecule has 2 aromatic carbocycles. The van der Waals surface area contributed by atoms with Crippen molar-refractivity contribution in [2.24, 2.45) is 0 Å². The lowest BCUT2D eigenvalue weighted by atomic mass is 10.0. The normalized spacial score (nSPS) is 16.9. The van der Waals surface area contributed by atoms with E-state index >= 15 is 0 Å². The zero-order valence-corrected chi connectivity index (χ0v) is 15.3. The quantitative estimate of drug-likeness (QED) is 0.725. The first-order chi connectivity index (χ1) is 12.2. The second kappa shape index (κ2) is 8.39. The number of carbonyl (C=O) groups excluding carboxylic acids is 1. The number of benzene rings is 2. The molecular formula is C21H24ClNO2. The molecule has 1 aliphatic heterocycles. The van der Waals surface area contributed by atoms with Gasteiger partial charge in [-0.05, 0) is 61.6 Å². The van der Waals surface area contributed by atoms with Crippen molar-refractivity contribution in [1.82, 2.24) is 4.90 Å². The van der Waals surface area contributed by atoms with E-state index in [2.05, 4.69) is 12.1 Å². The van der Waals surface area contributed by atoms with E-state index in [1.54, 1.807) is 0 Å². The van der Waals surface area contributed by atoms with Crippen LogP contribution >= 0.6 is 11.6 Å². The molecule has 1 atom stereocenters. The molecule has 4 heteroatoms. The summed E-state index contributed by atoms with van der Waals surface area (Å²) in [4.78, 5) is 14.7. The van der Waals surface area contributed by atoms with Gasteiger partial charge in [-0.2, -0.15) is 0 Å². The van der Waals surface area contributed by atoms with Crippen molar-refractivity contribution < 1.29 is 9.53 Å². The highest BCUT2D eigenvalue weighted by molar-refractivity contribution is 6.30. The van der Waals surface area contributed by atoms with Crippen molar-refractivity contribution in [3.05, 3.63) is 64.7 Å². The topological polar surface area (TPSA) is 29.5 Å². The fourth-order valence-corrected chi connectivity index (χ4v) is 3.54. The molecule has 0 aliphatic carbocycles. The lowest BCUT2D eigenvalue weighted by molar-refractivity contribution is -0.132. The van der Waals surface area contributed by atoms with E-state index in [1.807, 2.05) is 48.2 Å². The number of carbonyl (C=O) groups is 1. The first-order valence-electron chi connectivity index (χ1n) is 8.94. The van der Waals surface area contributed by atoms with Crippen LogP contribution < -0.4 is 4.74 Å². The van der Waals surface area contributed by atoms with Gasteiger partial charge in [-0.25, -0.2) is 0 Å². The van der Waals surface area contributed by atoms with Crippen LogP contribution in [-0.2, 0) is 11.2 Å². The lowest BCUT2D eigenvalue weighted by Crippen LogP contribution is -2.30. The maximum Gasteiger partial charge on any atom is 0.223 e. The Kier molecular flexibility index (Phi) is 5.98. The van der Waals surface area contributed by atoms with E-state index in [0.29, 0.717) is 13.0 Å². The average Bonchev–Trinajstić information content (AvgIpc) is 3.12. The van der Waals surface area contributed by atoms with Crippen LogP contribution in [0.5, 0.6) is 5.75 Å². The SMILES string of the molecule is CCOc1ccc(C2CCCN2C(=O)CCc2ccc(Cl)cc2)cc1. The number of hydrogen-bond donors (Lipinski definition) is 0. The van der Waals surface area contributed by atoms with E-state index in [1.165, 1.54) is 5.56 Å². The molecule has 1 heterocycles. The molecule has 3 rings (SSSR count). The zero-order valence-electron chi connectivity index (χ0n) is 14.6. The smallest absolute Gasteiger partial charge is 0.223 e. The number of aryl methyl sites for hydroxylation is 1. The fourth-order valence-electron chi connectivity index (χ4n) is 3.41. The van der Waals surface area contributed by atoms with Crippen molar-refractivity contribution in [2.75, 3.05) is 13.2 Å². The van der Waals surface area contributed by atoms with Crippen LogP contribution in [0.1, 0.15) is 43.4 Å². The highest BCUT2D eigenvalue weighted by atomic mass is 35.5. The van der Waals surface area contributed by atoms with Crippen LogP contribution in [0.4, 0.5) is 0 Å². The third-order valence-electron chi connectivity index (χ3n) is 4.69. The van der Waals surface area contributed by atoms with Gasteiger partial charge < -0.3 is 9.64 Å². The monoisotopic (exact) mass is 357 g/mol. The van der Waals surface area contributed by atoms with Crippen LogP contribution in [0, 0.1) is 0 Å².